The van der Waals surface area contributed by atoms with Crippen LogP contribution in [0.5, 0.6) is 0 Å². The van der Waals surface area contributed by atoms with Crippen molar-refractivity contribution < 1.29 is 4.74 Å². The van der Waals surface area contributed by atoms with E-state index in [4.69, 9.17) is 10.5 Å². The highest BCUT2D eigenvalue weighted by Crippen LogP contribution is 2.32. The zero-order valence-corrected chi connectivity index (χ0v) is 12.1. The molecular formula is C14H23N5O. The SMILES string of the molecule is CCN1CCOC(c2nc(N)nc(C3CCCC3)n2)C1. The summed E-state index contributed by atoms with van der Waals surface area (Å²) in [6.07, 6.45) is 4.77. The average molecular weight is 277 g/mol. The molecule has 3 rings (SSSR count). The first-order valence-corrected chi connectivity index (χ1v) is 7.61. The molecule has 1 unspecified atom stereocenters. The molecule has 2 fully saturated rings. The van der Waals surface area contributed by atoms with Gasteiger partial charge in [-0.3, -0.25) is 4.90 Å². The van der Waals surface area contributed by atoms with Crippen LogP contribution in [0, 0.1) is 0 Å². The van der Waals surface area contributed by atoms with Crippen LogP contribution in [0.15, 0.2) is 0 Å². The molecule has 0 spiro atoms. The maximum atomic E-state index is 5.87. The number of hydrogen-bond donors (Lipinski definition) is 1. The van der Waals surface area contributed by atoms with Gasteiger partial charge >= 0.3 is 0 Å². The number of likely N-dealkylation sites (N-methyl/N-ethyl adjacent to an activating group) is 1. The molecule has 1 saturated heterocycles. The lowest BCUT2D eigenvalue weighted by atomic mass is 10.1. The number of morpholine rings is 1. The van der Waals surface area contributed by atoms with E-state index >= 15 is 0 Å². The Bertz CT molecular complexity index is 461. The molecule has 110 valence electrons. The first-order valence-electron chi connectivity index (χ1n) is 7.61. The highest BCUT2D eigenvalue weighted by atomic mass is 16.5. The van der Waals surface area contributed by atoms with Crippen molar-refractivity contribution in [3.8, 4) is 0 Å². The van der Waals surface area contributed by atoms with Crippen LogP contribution in [0.4, 0.5) is 5.95 Å². The summed E-state index contributed by atoms with van der Waals surface area (Å²) < 4.78 is 5.82. The predicted octanol–water partition coefficient (Wildman–Crippen LogP) is 1.50. The van der Waals surface area contributed by atoms with E-state index in [-0.39, 0.29) is 6.10 Å². The maximum Gasteiger partial charge on any atom is 0.223 e. The first kappa shape index (κ1) is 13.7. The fourth-order valence-electron chi connectivity index (χ4n) is 3.08. The predicted molar refractivity (Wildman–Crippen MR) is 76.3 cm³/mol. The van der Waals surface area contributed by atoms with Crippen LogP contribution in [-0.4, -0.2) is 46.1 Å². The quantitative estimate of drug-likeness (QED) is 0.902. The molecule has 6 nitrogen and oxygen atoms in total. The molecule has 1 aromatic heterocycles. The van der Waals surface area contributed by atoms with E-state index in [9.17, 15) is 0 Å². The zero-order chi connectivity index (χ0) is 13.9. The topological polar surface area (TPSA) is 77.2 Å². The van der Waals surface area contributed by atoms with Gasteiger partial charge in [0.25, 0.3) is 0 Å². The summed E-state index contributed by atoms with van der Waals surface area (Å²) in [7, 11) is 0. The van der Waals surface area contributed by atoms with E-state index in [0.29, 0.717) is 17.7 Å². The number of hydrogen-bond acceptors (Lipinski definition) is 6. The van der Waals surface area contributed by atoms with Gasteiger partial charge in [-0.15, -0.1) is 0 Å². The minimum Gasteiger partial charge on any atom is -0.368 e. The van der Waals surface area contributed by atoms with E-state index in [2.05, 4.69) is 26.8 Å². The Kier molecular flexibility index (Phi) is 4.12. The fourth-order valence-corrected chi connectivity index (χ4v) is 3.08. The number of anilines is 1. The van der Waals surface area contributed by atoms with Crippen molar-refractivity contribution in [2.75, 3.05) is 32.0 Å². The lowest BCUT2D eigenvalue weighted by molar-refractivity contribution is -0.0327. The van der Waals surface area contributed by atoms with Gasteiger partial charge < -0.3 is 10.5 Å². The number of nitrogens with two attached hydrogens (primary N) is 1. The van der Waals surface area contributed by atoms with Gasteiger partial charge in [-0.05, 0) is 19.4 Å². The molecule has 6 heteroatoms. The third kappa shape index (κ3) is 2.91. The highest BCUT2D eigenvalue weighted by molar-refractivity contribution is 5.19. The number of nitrogens with zero attached hydrogens (tertiary/aromatic N) is 4. The molecule has 1 aliphatic carbocycles. The molecule has 0 aromatic carbocycles. The summed E-state index contributed by atoms with van der Waals surface area (Å²) in [5.41, 5.74) is 5.87. The number of aromatic nitrogens is 3. The van der Waals surface area contributed by atoms with Crippen molar-refractivity contribution in [1.29, 1.82) is 0 Å². The third-order valence-corrected chi connectivity index (χ3v) is 4.29. The second-order valence-corrected chi connectivity index (χ2v) is 5.64. The number of nitrogen functional groups attached to an aromatic ring is 1. The smallest absolute Gasteiger partial charge is 0.223 e. The maximum absolute atomic E-state index is 5.87. The van der Waals surface area contributed by atoms with Crippen LogP contribution in [0.2, 0.25) is 0 Å². The number of rotatable bonds is 3. The van der Waals surface area contributed by atoms with Gasteiger partial charge in [-0.1, -0.05) is 19.8 Å². The summed E-state index contributed by atoms with van der Waals surface area (Å²) >= 11 is 0. The van der Waals surface area contributed by atoms with E-state index in [0.717, 1.165) is 44.9 Å². The zero-order valence-electron chi connectivity index (χ0n) is 12.1. The molecule has 1 atom stereocenters. The normalized spacial score (nSPS) is 25.1. The van der Waals surface area contributed by atoms with Crippen LogP contribution in [0.3, 0.4) is 0 Å². The molecule has 1 saturated carbocycles. The molecule has 20 heavy (non-hydrogen) atoms. The lowest BCUT2D eigenvalue weighted by Gasteiger charge is -2.31. The van der Waals surface area contributed by atoms with E-state index in [1.54, 1.807) is 0 Å². The van der Waals surface area contributed by atoms with Crippen LogP contribution in [0.25, 0.3) is 0 Å². The van der Waals surface area contributed by atoms with Gasteiger partial charge in [0.1, 0.15) is 11.9 Å². The lowest BCUT2D eigenvalue weighted by Crippen LogP contribution is -2.38. The van der Waals surface area contributed by atoms with Gasteiger partial charge in [0.2, 0.25) is 5.95 Å². The Morgan fingerprint density at radius 1 is 1.20 bits per heavy atom. The Hall–Kier alpha value is -1.27. The van der Waals surface area contributed by atoms with Crippen molar-refractivity contribution in [3.05, 3.63) is 11.6 Å². The Morgan fingerprint density at radius 3 is 2.70 bits per heavy atom. The molecule has 2 aliphatic rings. The summed E-state index contributed by atoms with van der Waals surface area (Å²) in [6, 6.07) is 0. The Morgan fingerprint density at radius 2 is 1.95 bits per heavy atom. The molecule has 1 aliphatic heterocycles. The van der Waals surface area contributed by atoms with Gasteiger partial charge in [-0.2, -0.15) is 9.97 Å². The van der Waals surface area contributed by atoms with Crippen molar-refractivity contribution in [3.63, 3.8) is 0 Å². The average Bonchev–Trinajstić information content (AvgIpc) is 3.01. The first-order chi connectivity index (χ1) is 9.76. The molecule has 0 bridgehead atoms. The number of ether oxygens (including phenoxy) is 1. The molecule has 0 amide bonds. The van der Waals surface area contributed by atoms with Crippen LogP contribution in [0.1, 0.15) is 56.3 Å². The summed E-state index contributed by atoms with van der Waals surface area (Å²) in [4.78, 5) is 15.6. The second-order valence-electron chi connectivity index (χ2n) is 5.64. The van der Waals surface area contributed by atoms with Gasteiger partial charge in [0.15, 0.2) is 5.82 Å². The van der Waals surface area contributed by atoms with E-state index < -0.39 is 0 Å². The van der Waals surface area contributed by atoms with Crippen molar-refractivity contribution in [2.24, 2.45) is 0 Å². The summed E-state index contributed by atoms with van der Waals surface area (Å²) in [5.74, 6) is 2.35. The Balaban J connectivity index is 1.81. The molecule has 0 radical (unpaired) electrons. The summed E-state index contributed by atoms with van der Waals surface area (Å²) in [6.45, 7) is 5.72. The van der Waals surface area contributed by atoms with Crippen molar-refractivity contribution in [2.45, 2.75) is 44.6 Å². The Labute approximate surface area is 119 Å². The molecule has 2 heterocycles. The van der Waals surface area contributed by atoms with E-state index in [1.807, 2.05) is 0 Å². The highest BCUT2D eigenvalue weighted by Gasteiger charge is 2.26. The molecule has 2 N–H and O–H groups in total. The van der Waals surface area contributed by atoms with Crippen molar-refractivity contribution in [1.82, 2.24) is 19.9 Å². The third-order valence-electron chi connectivity index (χ3n) is 4.29. The van der Waals surface area contributed by atoms with Gasteiger partial charge in [0, 0.05) is 19.0 Å². The largest absolute Gasteiger partial charge is 0.368 e. The minimum atomic E-state index is -0.0749. The van der Waals surface area contributed by atoms with Crippen LogP contribution < -0.4 is 5.73 Å². The molecular weight excluding hydrogens is 254 g/mol. The van der Waals surface area contributed by atoms with Crippen LogP contribution in [-0.2, 0) is 4.74 Å². The standard InChI is InChI=1S/C14H23N5O/c1-2-19-7-8-20-11(9-19)13-16-12(17-14(15)18-13)10-5-3-4-6-10/h10-11H,2-9H2,1H3,(H2,15,16,17,18). The minimum absolute atomic E-state index is 0.0749. The fraction of sp³-hybridized carbons (Fsp3) is 0.786. The van der Waals surface area contributed by atoms with Gasteiger partial charge in [0.05, 0.1) is 6.61 Å². The summed E-state index contributed by atoms with van der Waals surface area (Å²) in [5, 5.41) is 0. The monoisotopic (exact) mass is 277 g/mol. The second kappa shape index (κ2) is 6.01. The van der Waals surface area contributed by atoms with Crippen LogP contribution >= 0.6 is 0 Å². The molecule has 1 aromatic rings. The van der Waals surface area contributed by atoms with E-state index in [1.165, 1.54) is 12.8 Å². The van der Waals surface area contributed by atoms with Gasteiger partial charge in [-0.25, -0.2) is 4.98 Å². The van der Waals surface area contributed by atoms with Crippen molar-refractivity contribution >= 4 is 5.95 Å².